The lowest BCUT2D eigenvalue weighted by Gasteiger charge is -2.20. The number of amides is 3. The molecule has 0 saturated carbocycles. The Balaban J connectivity index is 1.82. The number of imide groups is 1. The van der Waals surface area contributed by atoms with E-state index in [1.165, 1.54) is 31.4 Å². The van der Waals surface area contributed by atoms with Gasteiger partial charge >= 0.3 is 12.1 Å². The third kappa shape index (κ3) is 4.61. The largest absolute Gasteiger partial charge is 0.496 e. The Morgan fingerprint density at radius 2 is 1.61 bits per heavy atom. The van der Waals surface area contributed by atoms with Crippen molar-refractivity contribution in [3.8, 4) is 5.75 Å². The lowest BCUT2D eigenvalue weighted by molar-refractivity contribution is -0.0586. The Kier molecular flexibility index (Phi) is 5.90. The van der Waals surface area contributed by atoms with E-state index in [0.29, 0.717) is 5.06 Å². The number of fused-ring (bicyclic) bond motifs is 1. The van der Waals surface area contributed by atoms with Crippen molar-refractivity contribution in [1.29, 1.82) is 0 Å². The number of anilines is 1. The maximum absolute atomic E-state index is 12.7. The highest BCUT2D eigenvalue weighted by atomic mass is 35.5. The number of methoxy groups -OCH3 is 1. The van der Waals surface area contributed by atoms with E-state index >= 15 is 0 Å². The van der Waals surface area contributed by atoms with Gasteiger partial charge in [-0.15, -0.1) is 0 Å². The minimum absolute atomic E-state index is 0.00272. The molecule has 0 unspecified atom stereocenters. The van der Waals surface area contributed by atoms with Crippen LogP contribution in [0.15, 0.2) is 36.4 Å². The van der Waals surface area contributed by atoms with Crippen LogP contribution in [0, 0.1) is 0 Å². The van der Waals surface area contributed by atoms with Crippen LogP contribution in [0.2, 0.25) is 5.02 Å². The molecule has 2 aromatic rings. The first-order valence-corrected chi connectivity index (χ1v) is 9.47. The van der Waals surface area contributed by atoms with Crippen LogP contribution >= 0.6 is 11.6 Å². The standard InChI is InChI=1S/C21H19ClN2O7/c1-21(2,3)30-20(28)23-15-10-16(29-4)13(9-14(15)22)19(27)31-24-17(25)11-7-5-6-8-12(11)18(24)26/h5-10H,1-4H3,(H,23,28). The number of rotatable bonds is 4. The van der Waals surface area contributed by atoms with Gasteiger partial charge < -0.3 is 14.3 Å². The summed E-state index contributed by atoms with van der Waals surface area (Å²) in [5.41, 5.74) is -0.496. The number of hydrogen-bond acceptors (Lipinski definition) is 7. The highest BCUT2D eigenvalue weighted by Gasteiger charge is 2.39. The first-order valence-electron chi connectivity index (χ1n) is 9.09. The number of hydroxylamine groups is 2. The molecule has 0 fully saturated rings. The van der Waals surface area contributed by atoms with Crippen molar-refractivity contribution in [1.82, 2.24) is 5.06 Å². The molecule has 0 bridgehead atoms. The Labute approximate surface area is 182 Å². The molecule has 0 spiro atoms. The van der Waals surface area contributed by atoms with Crippen molar-refractivity contribution >= 4 is 41.2 Å². The summed E-state index contributed by atoms with van der Waals surface area (Å²) in [5.74, 6) is -2.57. The van der Waals surface area contributed by atoms with Crippen LogP contribution in [0.1, 0.15) is 51.8 Å². The molecule has 1 N–H and O–H groups in total. The van der Waals surface area contributed by atoms with Crippen LogP contribution in [-0.4, -0.2) is 41.7 Å². The second kappa shape index (κ2) is 8.27. The van der Waals surface area contributed by atoms with E-state index in [1.807, 2.05) is 0 Å². The normalized spacial score (nSPS) is 13.0. The molecule has 0 atom stereocenters. The van der Waals surface area contributed by atoms with E-state index in [0.717, 1.165) is 0 Å². The van der Waals surface area contributed by atoms with Gasteiger partial charge in [0.1, 0.15) is 16.9 Å². The molecular formula is C21H19ClN2O7. The van der Waals surface area contributed by atoms with Crippen LogP contribution in [0.5, 0.6) is 5.75 Å². The van der Waals surface area contributed by atoms with Gasteiger partial charge in [0.25, 0.3) is 11.8 Å². The Morgan fingerprint density at radius 3 is 2.13 bits per heavy atom. The van der Waals surface area contributed by atoms with Crippen molar-refractivity contribution in [2.45, 2.75) is 26.4 Å². The summed E-state index contributed by atoms with van der Waals surface area (Å²) in [6.07, 6.45) is -0.752. The van der Waals surface area contributed by atoms with Crippen molar-refractivity contribution < 1.29 is 33.5 Å². The zero-order chi connectivity index (χ0) is 22.9. The smallest absolute Gasteiger partial charge is 0.412 e. The molecule has 0 radical (unpaired) electrons. The maximum atomic E-state index is 12.7. The Bertz CT molecular complexity index is 1060. The van der Waals surface area contributed by atoms with E-state index in [4.69, 9.17) is 25.9 Å². The number of nitrogens with zero attached hydrogens (tertiary/aromatic N) is 1. The minimum Gasteiger partial charge on any atom is -0.496 e. The van der Waals surface area contributed by atoms with E-state index in [2.05, 4.69) is 5.32 Å². The fourth-order valence-electron chi connectivity index (χ4n) is 2.77. The molecule has 2 aromatic carbocycles. The topological polar surface area (TPSA) is 111 Å². The summed E-state index contributed by atoms with van der Waals surface area (Å²) in [7, 11) is 1.29. The summed E-state index contributed by atoms with van der Waals surface area (Å²) in [6.45, 7) is 5.10. The van der Waals surface area contributed by atoms with Crippen molar-refractivity contribution in [2.75, 3.05) is 12.4 Å². The molecule has 0 saturated heterocycles. The quantitative estimate of drug-likeness (QED) is 0.704. The average Bonchev–Trinajstić information content (AvgIpc) is 2.93. The summed E-state index contributed by atoms with van der Waals surface area (Å²) < 4.78 is 10.4. The monoisotopic (exact) mass is 446 g/mol. The van der Waals surface area contributed by atoms with E-state index < -0.39 is 29.5 Å². The molecule has 9 nitrogen and oxygen atoms in total. The molecule has 3 amide bonds. The van der Waals surface area contributed by atoms with Gasteiger partial charge in [-0.05, 0) is 39.0 Å². The van der Waals surface area contributed by atoms with Gasteiger partial charge in [0.05, 0.1) is 28.9 Å². The fraction of sp³-hybridized carbons (Fsp3) is 0.238. The molecule has 162 valence electrons. The van der Waals surface area contributed by atoms with Gasteiger partial charge in [-0.25, -0.2) is 9.59 Å². The SMILES string of the molecule is COc1cc(NC(=O)OC(C)(C)C)c(Cl)cc1C(=O)ON1C(=O)c2ccccc2C1=O. The zero-order valence-electron chi connectivity index (χ0n) is 17.1. The van der Waals surface area contributed by atoms with Crippen molar-refractivity contribution in [2.24, 2.45) is 0 Å². The molecule has 3 rings (SSSR count). The maximum Gasteiger partial charge on any atom is 0.412 e. The van der Waals surface area contributed by atoms with Crippen LogP contribution in [0.25, 0.3) is 0 Å². The van der Waals surface area contributed by atoms with Crippen LogP contribution in [0.3, 0.4) is 0 Å². The second-order valence-corrected chi connectivity index (χ2v) is 7.90. The third-order valence-electron chi connectivity index (χ3n) is 4.08. The summed E-state index contributed by atoms with van der Waals surface area (Å²) in [5, 5.41) is 2.83. The predicted octanol–water partition coefficient (Wildman–Crippen LogP) is 4.06. The fourth-order valence-corrected chi connectivity index (χ4v) is 2.98. The minimum atomic E-state index is -1.04. The van der Waals surface area contributed by atoms with Crippen LogP contribution in [0.4, 0.5) is 10.5 Å². The van der Waals surface area contributed by atoms with E-state index in [9.17, 15) is 19.2 Å². The summed E-state index contributed by atoms with van der Waals surface area (Å²) in [4.78, 5) is 54.5. The van der Waals surface area contributed by atoms with Gasteiger partial charge in [0.15, 0.2) is 0 Å². The average molecular weight is 447 g/mol. The molecule has 1 heterocycles. The summed E-state index contributed by atoms with van der Waals surface area (Å²) >= 11 is 6.18. The molecule has 0 aromatic heterocycles. The number of nitrogens with one attached hydrogen (secondary N) is 1. The number of hydrogen-bond donors (Lipinski definition) is 1. The second-order valence-electron chi connectivity index (χ2n) is 7.49. The van der Waals surface area contributed by atoms with Crippen LogP contribution < -0.4 is 10.1 Å². The van der Waals surface area contributed by atoms with Gasteiger partial charge in [-0.1, -0.05) is 28.8 Å². The van der Waals surface area contributed by atoms with Crippen molar-refractivity contribution in [3.05, 3.63) is 58.1 Å². The predicted molar refractivity (Wildman–Crippen MR) is 110 cm³/mol. The number of halogens is 1. The number of carbonyl (C=O) groups is 4. The molecular weight excluding hydrogens is 428 g/mol. The molecule has 31 heavy (non-hydrogen) atoms. The lowest BCUT2D eigenvalue weighted by Crippen LogP contribution is -2.32. The Hall–Kier alpha value is -3.59. The first-order chi connectivity index (χ1) is 14.5. The molecule has 1 aliphatic heterocycles. The number of carbonyl (C=O) groups excluding carboxylic acids is 4. The molecule has 10 heteroatoms. The van der Waals surface area contributed by atoms with Crippen molar-refractivity contribution in [3.63, 3.8) is 0 Å². The van der Waals surface area contributed by atoms with Crippen LogP contribution in [-0.2, 0) is 9.57 Å². The Morgan fingerprint density at radius 1 is 1.03 bits per heavy atom. The number of ether oxygens (including phenoxy) is 2. The zero-order valence-corrected chi connectivity index (χ0v) is 17.9. The summed E-state index contributed by atoms with van der Waals surface area (Å²) in [6, 6.07) is 8.58. The molecule has 1 aliphatic rings. The molecule has 0 aliphatic carbocycles. The van der Waals surface area contributed by atoms with Gasteiger partial charge in [-0.2, -0.15) is 0 Å². The van der Waals surface area contributed by atoms with E-state index in [-0.39, 0.29) is 33.1 Å². The third-order valence-corrected chi connectivity index (χ3v) is 4.39. The lowest BCUT2D eigenvalue weighted by atomic mass is 10.1. The van der Waals surface area contributed by atoms with E-state index in [1.54, 1.807) is 32.9 Å². The highest BCUT2D eigenvalue weighted by molar-refractivity contribution is 6.34. The van der Waals surface area contributed by atoms with Gasteiger partial charge in [0, 0.05) is 6.07 Å². The van der Waals surface area contributed by atoms with Gasteiger partial charge in [-0.3, -0.25) is 14.9 Å². The number of benzene rings is 2. The first kappa shape index (κ1) is 22.1. The van der Waals surface area contributed by atoms with Gasteiger partial charge in [0.2, 0.25) is 0 Å². The highest BCUT2D eigenvalue weighted by Crippen LogP contribution is 2.33.